The van der Waals surface area contributed by atoms with Gasteiger partial charge in [-0.15, -0.1) is 5.10 Å². The summed E-state index contributed by atoms with van der Waals surface area (Å²) in [5.41, 5.74) is 7.37. The van der Waals surface area contributed by atoms with Gasteiger partial charge in [-0.3, -0.25) is 4.68 Å². The number of methoxy groups -OCH3 is 1. The Kier molecular flexibility index (Phi) is 5.80. The zero-order valence-electron chi connectivity index (χ0n) is 19.4. The van der Waals surface area contributed by atoms with Crippen molar-refractivity contribution in [3.8, 4) is 0 Å². The molecule has 4 heterocycles. The van der Waals surface area contributed by atoms with E-state index in [1.807, 2.05) is 10.9 Å². The number of fused-ring (bicyclic) bond motifs is 3. The summed E-state index contributed by atoms with van der Waals surface area (Å²) >= 11 is 0. The summed E-state index contributed by atoms with van der Waals surface area (Å²) in [4.78, 5) is 11.1. The molecule has 9 nitrogen and oxygen atoms in total. The van der Waals surface area contributed by atoms with Gasteiger partial charge in [-0.25, -0.2) is 18.7 Å². The lowest BCUT2D eigenvalue weighted by Crippen LogP contribution is -2.41. The van der Waals surface area contributed by atoms with Crippen molar-refractivity contribution >= 4 is 28.2 Å². The van der Waals surface area contributed by atoms with Crippen LogP contribution in [0.3, 0.4) is 0 Å². The van der Waals surface area contributed by atoms with Gasteiger partial charge >= 0.3 is 0 Å². The second-order valence-corrected chi connectivity index (χ2v) is 9.22. The predicted molar refractivity (Wildman–Crippen MR) is 125 cm³/mol. The van der Waals surface area contributed by atoms with Crippen LogP contribution in [0.2, 0.25) is 0 Å². The molecule has 5 rings (SSSR count). The summed E-state index contributed by atoms with van der Waals surface area (Å²) in [5, 5.41) is 9.35. The van der Waals surface area contributed by atoms with Crippen LogP contribution < -0.4 is 10.6 Å². The summed E-state index contributed by atoms with van der Waals surface area (Å²) in [6, 6.07) is 2.34. The third-order valence-corrected chi connectivity index (χ3v) is 6.48. The van der Waals surface area contributed by atoms with Crippen LogP contribution in [-0.4, -0.2) is 55.7 Å². The van der Waals surface area contributed by atoms with Crippen molar-refractivity contribution in [3.05, 3.63) is 42.0 Å². The average Bonchev–Trinajstić information content (AvgIpc) is 3.43. The molecule has 34 heavy (non-hydrogen) atoms. The van der Waals surface area contributed by atoms with Crippen molar-refractivity contribution in [1.29, 1.82) is 0 Å². The maximum absolute atomic E-state index is 14.3. The number of hydrogen-bond acceptors (Lipinski definition) is 7. The van der Waals surface area contributed by atoms with Crippen LogP contribution >= 0.6 is 0 Å². The van der Waals surface area contributed by atoms with Gasteiger partial charge < -0.3 is 15.4 Å². The van der Waals surface area contributed by atoms with Gasteiger partial charge in [0.05, 0.1) is 23.9 Å². The van der Waals surface area contributed by atoms with Crippen LogP contribution in [0.1, 0.15) is 38.4 Å². The first kappa shape index (κ1) is 22.5. The van der Waals surface area contributed by atoms with Gasteiger partial charge in [0.15, 0.2) is 17.3 Å². The van der Waals surface area contributed by atoms with E-state index in [1.54, 1.807) is 7.11 Å². The maximum atomic E-state index is 14.3. The van der Waals surface area contributed by atoms with Crippen molar-refractivity contribution in [2.24, 2.45) is 5.92 Å². The SMILES string of the molecule is COCC(C)Cn1cc(N2CC(c3nc4c5cc(F)cc(F)c5nc(N)n4n3)CCC2C)cn1. The van der Waals surface area contributed by atoms with Gasteiger partial charge in [0.1, 0.15) is 11.3 Å². The Morgan fingerprint density at radius 2 is 2.06 bits per heavy atom. The number of nitrogen functional groups attached to an aromatic ring is 1. The van der Waals surface area contributed by atoms with Crippen molar-refractivity contribution < 1.29 is 13.5 Å². The molecule has 1 fully saturated rings. The number of hydrogen-bond donors (Lipinski definition) is 1. The van der Waals surface area contributed by atoms with Crippen molar-refractivity contribution in [2.75, 3.05) is 30.9 Å². The first-order chi connectivity index (χ1) is 16.3. The molecule has 0 radical (unpaired) electrons. The summed E-state index contributed by atoms with van der Waals surface area (Å²) in [5.74, 6) is -0.488. The fraction of sp³-hybridized carbons (Fsp3) is 0.478. The fourth-order valence-corrected chi connectivity index (χ4v) is 4.78. The predicted octanol–water partition coefficient (Wildman–Crippen LogP) is 3.39. The summed E-state index contributed by atoms with van der Waals surface area (Å²) < 4.78 is 36.7. The Balaban J connectivity index is 1.44. The number of nitrogens with zero attached hydrogens (tertiary/aromatic N) is 7. The minimum absolute atomic E-state index is 0.0132. The van der Waals surface area contributed by atoms with E-state index < -0.39 is 11.6 Å². The molecule has 3 aromatic heterocycles. The maximum Gasteiger partial charge on any atom is 0.223 e. The monoisotopic (exact) mass is 470 g/mol. The molecule has 3 atom stereocenters. The van der Waals surface area contributed by atoms with Crippen LogP contribution in [0.4, 0.5) is 20.4 Å². The van der Waals surface area contributed by atoms with E-state index in [9.17, 15) is 8.78 Å². The molecular weight excluding hydrogens is 442 g/mol. The number of aromatic nitrogens is 6. The van der Waals surface area contributed by atoms with Gasteiger partial charge in [0, 0.05) is 44.4 Å². The molecule has 0 bridgehead atoms. The van der Waals surface area contributed by atoms with Crippen molar-refractivity contribution in [3.63, 3.8) is 0 Å². The third kappa shape index (κ3) is 4.04. The van der Waals surface area contributed by atoms with Gasteiger partial charge in [0.2, 0.25) is 5.95 Å². The molecule has 2 N–H and O–H groups in total. The number of halogens is 2. The number of benzene rings is 1. The topological polar surface area (TPSA) is 99.4 Å². The van der Waals surface area contributed by atoms with Gasteiger partial charge in [0.25, 0.3) is 0 Å². The second-order valence-electron chi connectivity index (χ2n) is 9.22. The molecule has 0 spiro atoms. The Hall–Kier alpha value is -3.34. The first-order valence-corrected chi connectivity index (χ1v) is 11.4. The van der Waals surface area contributed by atoms with Crippen LogP contribution in [0.5, 0.6) is 0 Å². The Morgan fingerprint density at radius 3 is 2.85 bits per heavy atom. The van der Waals surface area contributed by atoms with E-state index in [4.69, 9.17) is 10.5 Å². The minimum Gasteiger partial charge on any atom is -0.384 e. The van der Waals surface area contributed by atoms with Crippen LogP contribution in [0.25, 0.3) is 16.6 Å². The highest BCUT2D eigenvalue weighted by Gasteiger charge is 2.30. The molecular formula is C23H28F2N8O. The van der Waals surface area contributed by atoms with E-state index in [0.717, 1.165) is 31.1 Å². The summed E-state index contributed by atoms with van der Waals surface area (Å²) in [7, 11) is 1.70. The van der Waals surface area contributed by atoms with Crippen LogP contribution in [0, 0.1) is 17.6 Å². The minimum atomic E-state index is -0.775. The highest BCUT2D eigenvalue weighted by atomic mass is 19.1. The number of rotatable bonds is 6. The number of nitrogens with two attached hydrogens (primary N) is 1. The average molecular weight is 471 g/mol. The quantitative estimate of drug-likeness (QED) is 0.461. The van der Waals surface area contributed by atoms with Gasteiger partial charge in [-0.2, -0.15) is 9.61 Å². The van der Waals surface area contributed by atoms with E-state index >= 15 is 0 Å². The molecule has 1 aliphatic rings. The van der Waals surface area contributed by atoms with Gasteiger partial charge in [-0.05, 0) is 31.7 Å². The normalized spacial score (nSPS) is 19.9. The third-order valence-electron chi connectivity index (χ3n) is 6.48. The molecule has 0 aliphatic carbocycles. The standard InChI is InChI=1S/C23H28F2N8O/c1-13(12-34-3)9-31-11-17(8-27-31)32-10-15(5-4-14(32)2)21-29-22-18-6-16(24)7-19(25)20(18)28-23(26)33(22)30-21/h6-8,11,13-15H,4-5,9-10,12H2,1-3H3,(H2,26,28). The first-order valence-electron chi connectivity index (χ1n) is 11.4. The van der Waals surface area contributed by atoms with Crippen molar-refractivity contribution in [2.45, 2.75) is 45.2 Å². The Labute approximate surface area is 195 Å². The molecule has 3 unspecified atom stereocenters. The van der Waals surface area contributed by atoms with Gasteiger partial charge in [-0.1, -0.05) is 6.92 Å². The lowest BCUT2D eigenvalue weighted by Gasteiger charge is -2.37. The highest BCUT2D eigenvalue weighted by molar-refractivity contribution is 5.92. The number of anilines is 2. The summed E-state index contributed by atoms with van der Waals surface area (Å²) in [6.45, 7) is 6.48. The number of piperidine rings is 1. The van der Waals surface area contributed by atoms with Crippen molar-refractivity contribution in [1.82, 2.24) is 29.4 Å². The molecule has 1 aromatic carbocycles. The molecule has 0 saturated carbocycles. The van der Waals surface area contributed by atoms with E-state index in [-0.39, 0.29) is 22.8 Å². The van der Waals surface area contributed by atoms with Crippen LogP contribution in [0.15, 0.2) is 24.5 Å². The molecule has 0 amide bonds. The van der Waals surface area contributed by atoms with E-state index in [1.165, 1.54) is 10.6 Å². The summed E-state index contributed by atoms with van der Waals surface area (Å²) in [6.07, 6.45) is 5.78. The number of ether oxygens (including phenoxy) is 1. The molecule has 180 valence electrons. The smallest absolute Gasteiger partial charge is 0.223 e. The zero-order valence-corrected chi connectivity index (χ0v) is 19.4. The highest BCUT2D eigenvalue weighted by Crippen LogP contribution is 2.33. The molecule has 4 aromatic rings. The van der Waals surface area contributed by atoms with E-state index in [2.05, 4.69) is 45.1 Å². The zero-order chi connectivity index (χ0) is 24.0. The molecule has 1 saturated heterocycles. The second kappa shape index (κ2) is 8.79. The Bertz CT molecular complexity index is 1340. The molecule has 1 aliphatic heterocycles. The van der Waals surface area contributed by atoms with Crippen LogP contribution in [-0.2, 0) is 11.3 Å². The molecule has 11 heteroatoms. The Morgan fingerprint density at radius 1 is 1.24 bits per heavy atom. The largest absolute Gasteiger partial charge is 0.384 e. The van der Waals surface area contributed by atoms with E-state index in [0.29, 0.717) is 36.6 Å². The lowest BCUT2D eigenvalue weighted by atomic mass is 9.92. The lowest BCUT2D eigenvalue weighted by molar-refractivity contribution is 0.149. The fourth-order valence-electron chi connectivity index (χ4n) is 4.78.